The number of carbonyl (C=O) groups excluding carboxylic acids is 2. The van der Waals surface area contributed by atoms with Crippen LogP contribution < -0.4 is 15.6 Å². The smallest absolute Gasteiger partial charge is 0.387 e. The Morgan fingerprint density at radius 2 is 1.77 bits per heavy atom. The molecule has 0 aliphatic heterocycles. The molecule has 26 heavy (non-hydrogen) atoms. The van der Waals surface area contributed by atoms with Gasteiger partial charge in [-0.25, -0.2) is 0 Å². The highest BCUT2D eigenvalue weighted by Crippen LogP contribution is 2.28. The first-order chi connectivity index (χ1) is 12.5. The van der Waals surface area contributed by atoms with Crippen molar-refractivity contribution < 1.29 is 23.1 Å². The Labute approximate surface area is 153 Å². The molecule has 3 rings (SSSR count). The van der Waals surface area contributed by atoms with Crippen molar-refractivity contribution in [2.45, 2.75) is 38.7 Å². The molecule has 0 saturated carbocycles. The number of ether oxygens (including phenoxy) is 1. The highest BCUT2D eigenvalue weighted by Gasteiger charge is 2.19. The summed E-state index contributed by atoms with van der Waals surface area (Å²) in [6.45, 7) is -3.04. The summed E-state index contributed by atoms with van der Waals surface area (Å²) in [5, 5.41) is 0. The van der Waals surface area contributed by atoms with E-state index in [9.17, 15) is 18.4 Å². The van der Waals surface area contributed by atoms with Gasteiger partial charge in [0, 0.05) is 4.88 Å². The van der Waals surface area contributed by atoms with Crippen LogP contribution in [0.3, 0.4) is 0 Å². The van der Waals surface area contributed by atoms with E-state index in [-0.39, 0.29) is 11.3 Å². The summed E-state index contributed by atoms with van der Waals surface area (Å²) >= 11 is 1.43. The molecular weight excluding hydrogens is 362 g/mol. The first kappa shape index (κ1) is 18.3. The van der Waals surface area contributed by atoms with Gasteiger partial charge < -0.3 is 4.74 Å². The Morgan fingerprint density at radius 1 is 1.04 bits per heavy atom. The van der Waals surface area contributed by atoms with Crippen molar-refractivity contribution in [3.05, 3.63) is 51.2 Å². The van der Waals surface area contributed by atoms with E-state index in [1.54, 1.807) is 0 Å². The molecule has 8 heteroatoms. The van der Waals surface area contributed by atoms with Crippen molar-refractivity contribution in [3.63, 3.8) is 0 Å². The summed E-state index contributed by atoms with van der Waals surface area (Å²) < 4.78 is 29.2. The zero-order valence-corrected chi connectivity index (χ0v) is 14.7. The summed E-state index contributed by atoms with van der Waals surface area (Å²) in [7, 11) is 0. The SMILES string of the molecule is O=C(NNC(=O)c1ccccc1OC(F)F)c1cc2c(s1)CCCCC2. The molecule has 2 amide bonds. The van der Waals surface area contributed by atoms with Crippen LogP contribution in [0.1, 0.15) is 49.7 Å². The number of hydrogen-bond acceptors (Lipinski definition) is 4. The third-order valence-electron chi connectivity index (χ3n) is 4.11. The second kappa shape index (κ2) is 8.27. The van der Waals surface area contributed by atoms with Crippen LogP contribution in [0.15, 0.2) is 30.3 Å². The van der Waals surface area contributed by atoms with Crippen molar-refractivity contribution in [3.8, 4) is 5.75 Å². The average Bonchev–Trinajstić information content (AvgIpc) is 2.90. The van der Waals surface area contributed by atoms with Crippen LogP contribution in [0.5, 0.6) is 5.75 Å². The Kier molecular flexibility index (Phi) is 5.82. The summed E-state index contributed by atoms with van der Waals surface area (Å²) in [6, 6.07) is 7.46. The van der Waals surface area contributed by atoms with Gasteiger partial charge in [-0.1, -0.05) is 18.6 Å². The van der Waals surface area contributed by atoms with Crippen molar-refractivity contribution in [1.82, 2.24) is 10.9 Å². The number of alkyl halides is 2. The number of carbonyl (C=O) groups is 2. The minimum atomic E-state index is -3.04. The Hall–Kier alpha value is -2.48. The first-order valence-corrected chi connectivity index (χ1v) is 9.12. The summed E-state index contributed by atoms with van der Waals surface area (Å²) in [5.41, 5.74) is 5.68. The number of hydrogen-bond donors (Lipinski definition) is 2. The van der Waals surface area contributed by atoms with Gasteiger partial charge in [0.2, 0.25) is 0 Å². The van der Waals surface area contributed by atoms with E-state index in [1.165, 1.54) is 52.5 Å². The van der Waals surface area contributed by atoms with Gasteiger partial charge in [-0.15, -0.1) is 11.3 Å². The van der Waals surface area contributed by atoms with E-state index in [2.05, 4.69) is 15.6 Å². The predicted octanol–water partition coefficient (Wildman–Crippen LogP) is 3.69. The second-order valence-corrected chi connectivity index (χ2v) is 7.04. The molecule has 1 aromatic carbocycles. The topological polar surface area (TPSA) is 67.4 Å². The lowest BCUT2D eigenvalue weighted by molar-refractivity contribution is -0.0501. The lowest BCUT2D eigenvalue weighted by atomic mass is 10.1. The maximum absolute atomic E-state index is 12.4. The summed E-state index contributed by atoms with van der Waals surface area (Å²) in [6.07, 6.45) is 5.36. The van der Waals surface area contributed by atoms with Crippen LogP contribution in [0, 0.1) is 0 Å². The number of para-hydroxylation sites is 1. The fraction of sp³-hybridized carbons (Fsp3) is 0.333. The van der Waals surface area contributed by atoms with Crippen LogP contribution in [0.4, 0.5) is 8.78 Å². The Balaban J connectivity index is 1.64. The van der Waals surface area contributed by atoms with Crippen LogP contribution in [-0.4, -0.2) is 18.4 Å². The molecule has 1 heterocycles. The molecule has 1 aliphatic carbocycles. The third kappa shape index (κ3) is 4.37. The molecule has 2 aromatic rings. The fourth-order valence-corrected chi connectivity index (χ4v) is 4.02. The summed E-state index contributed by atoms with van der Waals surface area (Å²) in [5.74, 6) is -1.41. The number of rotatable bonds is 4. The quantitative estimate of drug-likeness (QED) is 0.628. The van der Waals surface area contributed by atoms with E-state index in [0.717, 1.165) is 25.7 Å². The van der Waals surface area contributed by atoms with E-state index >= 15 is 0 Å². The highest BCUT2D eigenvalue weighted by atomic mass is 32.1. The Morgan fingerprint density at radius 3 is 2.58 bits per heavy atom. The number of hydrazine groups is 1. The van der Waals surface area contributed by atoms with Crippen molar-refractivity contribution in [2.75, 3.05) is 0 Å². The first-order valence-electron chi connectivity index (χ1n) is 8.30. The molecule has 2 N–H and O–H groups in total. The number of thiophene rings is 1. The normalized spacial score (nSPS) is 13.7. The second-order valence-electron chi connectivity index (χ2n) is 5.90. The lowest BCUT2D eigenvalue weighted by Crippen LogP contribution is -2.41. The number of nitrogens with one attached hydrogen (secondary N) is 2. The van der Waals surface area contributed by atoms with Gasteiger partial charge >= 0.3 is 6.61 Å². The molecule has 0 saturated heterocycles. The van der Waals surface area contributed by atoms with Crippen LogP contribution in [-0.2, 0) is 12.8 Å². The molecule has 0 spiro atoms. The minimum Gasteiger partial charge on any atom is -0.434 e. The monoisotopic (exact) mass is 380 g/mol. The number of aryl methyl sites for hydroxylation is 2. The minimum absolute atomic E-state index is 0.0879. The van der Waals surface area contributed by atoms with Crippen molar-refractivity contribution in [2.24, 2.45) is 0 Å². The molecule has 0 bridgehead atoms. The van der Waals surface area contributed by atoms with Gasteiger partial charge in [-0.2, -0.15) is 8.78 Å². The van der Waals surface area contributed by atoms with Gasteiger partial charge in [0.1, 0.15) is 5.75 Å². The molecule has 1 aliphatic rings. The lowest BCUT2D eigenvalue weighted by Gasteiger charge is -2.11. The Bertz CT molecular complexity index is 784. The zero-order valence-electron chi connectivity index (χ0n) is 13.9. The molecule has 0 radical (unpaired) electrons. The fourth-order valence-electron chi connectivity index (χ4n) is 2.87. The van der Waals surface area contributed by atoms with Crippen molar-refractivity contribution >= 4 is 23.2 Å². The zero-order chi connectivity index (χ0) is 18.5. The number of benzene rings is 1. The van der Waals surface area contributed by atoms with Crippen LogP contribution in [0.25, 0.3) is 0 Å². The van der Waals surface area contributed by atoms with Gasteiger partial charge in [0.25, 0.3) is 11.8 Å². The van der Waals surface area contributed by atoms with Gasteiger partial charge in [0.15, 0.2) is 0 Å². The molecule has 0 unspecified atom stereocenters. The third-order valence-corrected chi connectivity index (χ3v) is 5.34. The van der Waals surface area contributed by atoms with Gasteiger partial charge in [-0.3, -0.25) is 20.4 Å². The average molecular weight is 380 g/mol. The molecular formula is C18H18F2N2O3S. The van der Waals surface area contributed by atoms with E-state index in [0.29, 0.717) is 4.88 Å². The maximum Gasteiger partial charge on any atom is 0.387 e. The number of amides is 2. The van der Waals surface area contributed by atoms with E-state index in [1.807, 2.05) is 6.07 Å². The molecule has 138 valence electrons. The van der Waals surface area contributed by atoms with E-state index in [4.69, 9.17) is 0 Å². The molecule has 1 aromatic heterocycles. The predicted molar refractivity (Wildman–Crippen MR) is 93.6 cm³/mol. The summed E-state index contributed by atoms with van der Waals surface area (Å²) in [4.78, 5) is 26.2. The van der Waals surface area contributed by atoms with Crippen molar-refractivity contribution in [1.29, 1.82) is 0 Å². The number of fused-ring (bicyclic) bond motifs is 1. The van der Waals surface area contributed by atoms with Gasteiger partial charge in [-0.05, 0) is 49.4 Å². The van der Waals surface area contributed by atoms with Gasteiger partial charge in [0.05, 0.1) is 10.4 Å². The largest absolute Gasteiger partial charge is 0.434 e. The highest BCUT2D eigenvalue weighted by molar-refractivity contribution is 7.14. The standard InChI is InChI=1S/C18H18F2N2O3S/c19-18(20)25-13-8-5-4-7-12(13)16(23)21-22-17(24)15-10-11-6-2-1-3-9-14(11)26-15/h4-5,7-8,10,18H,1-3,6,9H2,(H,21,23)(H,22,24). The van der Waals surface area contributed by atoms with E-state index < -0.39 is 18.4 Å². The van der Waals surface area contributed by atoms with Crippen LogP contribution >= 0.6 is 11.3 Å². The van der Waals surface area contributed by atoms with Crippen LogP contribution in [0.2, 0.25) is 0 Å². The molecule has 5 nitrogen and oxygen atoms in total. The molecule has 0 fully saturated rings. The molecule has 0 atom stereocenters. The number of halogens is 2. The maximum atomic E-state index is 12.4.